The maximum Gasteiger partial charge on any atom is 0.344 e. The molecule has 0 aliphatic rings. The van der Waals surface area contributed by atoms with Crippen molar-refractivity contribution < 1.29 is 14.3 Å². The molecule has 4 nitrogen and oxygen atoms in total. The van der Waals surface area contributed by atoms with Gasteiger partial charge in [-0.15, -0.1) is 0 Å². The molecule has 0 saturated carbocycles. The first kappa shape index (κ1) is 13.5. The summed E-state index contributed by atoms with van der Waals surface area (Å²) < 4.78 is 10.2. The molecule has 0 aliphatic heterocycles. The highest BCUT2D eigenvalue weighted by atomic mass is 16.6. The summed E-state index contributed by atoms with van der Waals surface area (Å²) in [5.74, 6) is 0.270. The van der Waals surface area contributed by atoms with Crippen LogP contribution in [0.5, 0.6) is 5.75 Å². The number of carbonyl (C=O) groups is 1. The quantitative estimate of drug-likeness (QED) is 0.796. The fraction of sp³-hybridized carbons (Fsp3) is 0.462. The number of hydrogen-bond donors (Lipinski definition) is 1. The summed E-state index contributed by atoms with van der Waals surface area (Å²) in [4.78, 5) is 11.2. The molecule has 2 N–H and O–H groups in total. The van der Waals surface area contributed by atoms with Gasteiger partial charge in [0.2, 0.25) is 0 Å². The van der Waals surface area contributed by atoms with Crippen molar-refractivity contribution in [1.29, 1.82) is 0 Å². The molecule has 0 radical (unpaired) electrons. The zero-order valence-electron chi connectivity index (χ0n) is 10.5. The lowest BCUT2D eigenvalue weighted by Crippen LogP contribution is -2.18. The van der Waals surface area contributed by atoms with E-state index in [0.29, 0.717) is 5.75 Å². The number of carbonyl (C=O) groups excluding carboxylic acids is 1. The Morgan fingerprint density at radius 3 is 2.29 bits per heavy atom. The Kier molecular flexibility index (Phi) is 4.97. The summed E-state index contributed by atoms with van der Waals surface area (Å²) in [6.07, 6.45) is -0.119. The molecule has 0 unspecified atom stereocenters. The van der Waals surface area contributed by atoms with Crippen molar-refractivity contribution in [1.82, 2.24) is 0 Å². The van der Waals surface area contributed by atoms with E-state index >= 15 is 0 Å². The average molecular weight is 237 g/mol. The minimum absolute atomic E-state index is 0.00467. The van der Waals surface area contributed by atoms with Gasteiger partial charge in [-0.05, 0) is 38.5 Å². The third kappa shape index (κ3) is 4.87. The molecule has 1 rings (SSSR count). The molecular weight excluding hydrogens is 218 g/mol. The van der Waals surface area contributed by atoms with Crippen LogP contribution < -0.4 is 10.5 Å². The molecule has 0 fully saturated rings. The minimum Gasteiger partial charge on any atom is -0.482 e. The normalized spacial score (nSPS) is 12.3. The second-order valence-corrected chi connectivity index (χ2v) is 4.19. The lowest BCUT2D eigenvalue weighted by atomic mass is 10.1. The first-order valence-electron chi connectivity index (χ1n) is 5.67. The van der Waals surface area contributed by atoms with Crippen LogP contribution in [0.25, 0.3) is 0 Å². The molecule has 0 amide bonds. The highest BCUT2D eigenvalue weighted by molar-refractivity contribution is 5.71. The predicted molar refractivity (Wildman–Crippen MR) is 65.8 cm³/mol. The minimum atomic E-state index is -0.365. The van der Waals surface area contributed by atoms with E-state index in [9.17, 15) is 4.79 Å². The van der Waals surface area contributed by atoms with Gasteiger partial charge in [0.15, 0.2) is 6.61 Å². The zero-order chi connectivity index (χ0) is 12.8. The summed E-state index contributed by atoms with van der Waals surface area (Å²) in [7, 11) is 0. The van der Waals surface area contributed by atoms with E-state index in [-0.39, 0.29) is 24.7 Å². The van der Waals surface area contributed by atoms with Gasteiger partial charge in [0.1, 0.15) is 5.75 Å². The summed E-state index contributed by atoms with van der Waals surface area (Å²) in [6.45, 7) is 5.44. The van der Waals surface area contributed by atoms with Crippen LogP contribution in [0.15, 0.2) is 24.3 Å². The number of esters is 1. The molecule has 94 valence electrons. The number of ether oxygens (including phenoxy) is 2. The Bertz CT molecular complexity index is 357. The van der Waals surface area contributed by atoms with Crippen molar-refractivity contribution in [2.24, 2.45) is 5.73 Å². The molecule has 0 aromatic heterocycles. The summed E-state index contributed by atoms with van der Waals surface area (Å²) in [5, 5.41) is 0. The predicted octanol–water partition coefficient (Wildman–Crippen LogP) is 2.04. The van der Waals surface area contributed by atoms with Crippen molar-refractivity contribution >= 4 is 5.97 Å². The Morgan fingerprint density at radius 1 is 1.24 bits per heavy atom. The smallest absolute Gasteiger partial charge is 0.344 e. The van der Waals surface area contributed by atoms with Gasteiger partial charge >= 0.3 is 5.97 Å². The van der Waals surface area contributed by atoms with Crippen LogP contribution >= 0.6 is 0 Å². The van der Waals surface area contributed by atoms with E-state index in [0.717, 1.165) is 5.56 Å². The molecule has 0 aliphatic carbocycles. The van der Waals surface area contributed by atoms with E-state index in [4.69, 9.17) is 15.2 Å². The maximum absolute atomic E-state index is 11.2. The molecular formula is C13H19NO3. The Hall–Kier alpha value is -1.55. The second-order valence-electron chi connectivity index (χ2n) is 4.19. The van der Waals surface area contributed by atoms with Crippen molar-refractivity contribution in [3.8, 4) is 5.75 Å². The number of rotatable bonds is 5. The van der Waals surface area contributed by atoms with Gasteiger partial charge in [0.05, 0.1) is 6.10 Å². The van der Waals surface area contributed by atoms with Crippen LogP contribution in [0.3, 0.4) is 0 Å². The zero-order valence-corrected chi connectivity index (χ0v) is 10.5. The molecule has 17 heavy (non-hydrogen) atoms. The first-order chi connectivity index (χ1) is 7.99. The molecule has 4 heteroatoms. The average Bonchev–Trinajstić information content (AvgIpc) is 2.26. The van der Waals surface area contributed by atoms with Gasteiger partial charge in [-0.25, -0.2) is 4.79 Å². The van der Waals surface area contributed by atoms with Crippen LogP contribution in [-0.4, -0.2) is 18.7 Å². The molecule has 1 aromatic rings. The van der Waals surface area contributed by atoms with Crippen LogP contribution in [0.2, 0.25) is 0 Å². The number of benzene rings is 1. The number of nitrogens with two attached hydrogens (primary N) is 1. The Morgan fingerprint density at radius 2 is 1.82 bits per heavy atom. The van der Waals surface area contributed by atoms with E-state index in [2.05, 4.69) is 0 Å². The van der Waals surface area contributed by atoms with Gasteiger partial charge in [-0.1, -0.05) is 12.1 Å². The largest absolute Gasteiger partial charge is 0.482 e. The lowest BCUT2D eigenvalue weighted by molar-refractivity contribution is -0.149. The van der Waals surface area contributed by atoms with Gasteiger partial charge in [-0.2, -0.15) is 0 Å². The maximum atomic E-state index is 11.2. The Labute approximate surface area is 102 Å². The van der Waals surface area contributed by atoms with Crippen LogP contribution in [0.4, 0.5) is 0 Å². The second kappa shape index (κ2) is 6.25. The molecule has 0 heterocycles. The fourth-order valence-electron chi connectivity index (χ4n) is 1.31. The molecule has 1 atom stereocenters. The van der Waals surface area contributed by atoms with Gasteiger partial charge in [0, 0.05) is 6.04 Å². The third-order valence-electron chi connectivity index (χ3n) is 2.13. The van der Waals surface area contributed by atoms with Gasteiger partial charge in [0.25, 0.3) is 0 Å². The SMILES string of the molecule is CC(C)OC(=O)COc1ccc([C@@H](C)N)cc1. The van der Waals surface area contributed by atoms with Crippen LogP contribution in [0, 0.1) is 0 Å². The third-order valence-corrected chi connectivity index (χ3v) is 2.13. The van der Waals surface area contributed by atoms with Crippen molar-refractivity contribution in [2.75, 3.05) is 6.61 Å². The van der Waals surface area contributed by atoms with Crippen molar-refractivity contribution in [3.63, 3.8) is 0 Å². The Balaban J connectivity index is 2.44. The van der Waals surface area contributed by atoms with Crippen LogP contribution in [-0.2, 0) is 9.53 Å². The molecule has 0 bridgehead atoms. The van der Waals surface area contributed by atoms with E-state index in [1.54, 1.807) is 26.0 Å². The standard InChI is InChI=1S/C13H19NO3/c1-9(2)17-13(15)8-16-12-6-4-11(5-7-12)10(3)14/h4-7,9-10H,8,14H2,1-3H3/t10-/m1/s1. The van der Waals surface area contributed by atoms with Crippen LogP contribution in [0.1, 0.15) is 32.4 Å². The lowest BCUT2D eigenvalue weighted by Gasteiger charge is -2.10. The molecule has 1 aromatic carbocycles. The van der Waals surface area contributed by atoms with Gasteiger partial charge < -0.3 is 15.2 Å². The van der Waals surface area contributed by atoms with E-state index in [1.165, 1.54) is 0 Å². The van der Waals surface area contributed by atoms with E-state index < -0.39 is 0 Å². The molecule has 0 saturated heterocycles. The molecule has 0 spiro atoms. The highest BCUT2D eigenvalue weighted by Crippen LogP contribution is 2.15. The van der Waals surface area contributed by atoms with Crippen molar-refractivity contribution in [3.05, 3.63) is 29.8 Å². The fourth-order valence-corrected chi connectivity index (χ4v) is 1.31. The monoisotopic (exact) mass is 237 g/mol. The summed E-state index contributed by atoms with van der Waals surface area (Å²) in [6, 6.07) is 7.35. The topological polar surface area (TPSA) is 61.5 Å². The number of hydrogen-bond acceptors (Lipinski definition) is 4. The summed E-state index contributed by atoms with van der Waals surface area (Å²) >= 11 is 0. The summed E-state index contributed by atoms with van der Waals surface area (Å²) in [5.41, 5.74) is 6.76. The van der Waals surface area contributed by atoms with Crippen molar-refractivity contribution in [2.45, 2.75) is 32.9 Å². The van der Waals surface area contributed by atoms with Gasteiger partial charge in [-0.3, -0.25) is 0 Å². The highest BCUT2D eigenvalue weighted by Gasteiger charge is 2.06. The first-order valence-corrected chi connectivity index (χ1v) is 5.67. The van der Waals surface area contributed by atoms with E-state index in [1.807, 2.05) is 19.1 Å².